The lowest BCUT2D eigenvalue weighted by Crippen LogP contribution is -2.62. The summed E-state index contributed by atoms with van der Waals surface area (Å²) in [4.78, 5) is 0. The van der Waals surface area contributed by atoms with Crippen molar-refractivity contribution in [1.82, 2.24) is 0 Å². The molecule has 5 N–H and O–H groups in total. The van der Waals surface area contributed by atoms with E-state index in [2.05, 4.69) is 0 Å². The minimum absolute atomic E-state index is 0.108. The monoisotopic (exact) mass is 221 g/mol. The van der Waals surface area contributed by atoms with Crippen LogP contribution in [0, 0.1) is 0 Å². The van der Waals surface area contributed by atoms with Crippen LogP contribution in [0.2, 0.25) is 0 Å². The van der Waals surface area contributed by atoms with E-state index in [1.54, 1.807) is 13.8 Å². The van der Waals surface area contributed by atoms with Crippen LogP contribution in [-0.4, -0.2) is 58.7 Å². The lowest BCUT2D eigenvalue weighted by molar-refractivity contribution is -0.274. The molecule has 0 aromatic rings. The van der Waals surface area contributed by atoms with Crippen molar-refractivity contribution in [1.29, 1.82) is 0 Å². The molecule has 0 aromatic heterocycles. The van der Waals surface area contributed by atoms with E-state index in [1.807, 2.05) is 0 Å². The second-order valence-corrected chi connectivity index (χ2v) is 3.97. The van der Waals surface area contributed by atoms with E-state index in [1.165, 1.54) is 0 Å². The first-order valence-corrected chi connectivity index (χ1v) is 5.01. The van der Waals surface area contributed by atoms with E-state index in [0.29, 0.717) is 0 Å². The molecular weight excluding hydrogens is 202 g/mol. The molecule has 90 valence electrons. The van der Waals surface area contributed by atoms with E-state index in [0.717, 1.165) is 0 Å². The van der Waals surface area contributed by atoms with Crippen molar-refractivity contribution >= 4 is 0 Å². The largest absolute Gasteiger partial charge is 0.394 e. The van der Waals surface area contributed by atoms with Crippen molar-refractivity contribution in [3.8, 4) is 0 Å². The van der Waals surface area contributed by atoms with Gasteiger partial charge in [0.2, 0.25) is 0 Å². The molecule has 6 heteroatoms. The van der Waals surface area contributed by atoms with Crippen LogP contribution in [0.15, 0.2) is 0 Å². The van der Waals surface area contributed by atoms with Gasteiger partial charge in [0.05, 0.1) is 18.8 Å². The van der Waals surface area contributed by atoms with Crippen molar-refractivity contribution in [2.24, 2.45) is 5.73 Å². The molecule has 0 saturated carbocycles. The smallest absolute Gasteiger partial charge is 0.176 e. The van der Waals surface area contributed by atoms with E-state index in [4.69, 9.17) is 20.3 Å². The fraction of sp³-hybridized carbons (Fsp3) is 1.00. The first-order valence-electron chi connectivity index (χ1n) is 5.01. The van der Waals surface area contributed by atoms with E-state index < -0.39 is 30.6 Å². The summed E-state index contributed by atoms with van der Waals surface area (Å²) >= 11 is 0. The fourth-order valence-corrected chi connectivity index (χ4v) is 1.49. The summed E-state index contributed by atoms with van der Waals surface area (Å²) in [6, 6.07) is -0.815. The van der Waals surface area contributed by atoms with Crippen molar-refractivity contribution in [3.05, 3.63) is 0 Å². The Labute approximate surface area is 88.6 Å². The number of rotatable bonds is 3. The summed E-state index contributed by atoms with van der Waals surface area (Å²) in [6.45, 7) is 3.23. The summed E-state index contributed by atoms with van der Waals surface area (Å²) in [5.74, 6) is 0. The maximum absolute atomic E-state index is 9.58. The molecule has 1 aliphatic rings. The molecule has 1 rings (SSSR count). The van der Waals surface area contributed by atoms with Crippen LogP contribution in [0.5, 0.6) is 0 Å². The highest BCUT2D eigenvalue weighted by molar-refractivity contribution is 4.91. The number of hydrogen-bond donors (Lipinski definition) is 4. The van der Waals surface area contributed by atoms with Crippen LogP contribution in [0.4, 0.5) is 0 Å². The topological polar surface area (TPSA) is 105 Å². The summed E-state index contributed by atoms with van der Waals surface area (Å²) in [6.07, 6.45) is -4.11. The molecule has 0 spiro atoms. The van der Waals surface area contributed by atoms with Gasteiger partial charge in [-0.3, -0.25) is 0 Å². The SMILES string of the molecule is CC(C)O[C@H]1OC(CO)[C@@H](O)C(O)C1N. The molecule has 1 fully saturated rings. The molecular formula is C9H19NO5. The van der Waals surface area contributed by atoms with Crippen molar-refractivity contribution in [2.75, 3.05) is 6.61 Å². The molecule has 6 nitrogen and oxygen atoms in total. The third kappa shape index (κ3) is 2.87. The van der Waals surface area contributed by atoms with Gasteiger partial charge in [-0.2, -0.15) is 0 Å². The van der Waals surface area contributed by atoms with Crippen LogP contribution >= 0.6 is 0 Å². The van der Waals surface area contributed by atoms with Gasteiger partial charge < -0.3 is 30.5 Å². The van der Waals surface area contributed by atoms with E-state index in [9.17, 15) is 10.2 Å². The van der Waals surface area contributed by atoms with Crippen molar-refractivity contribution in [2.45, 2.75) is 50.6 Å². The Balaban J connectivity index is 2.65. The summed E-state index contributed by atoms with van der Waals surface area (Å²) < 4.78 is 10.6. The minimum Gasteiger partial charge on any atom is -0.394 e. The highest BCUT2D eigenvalue weighted by atomic mass is 16.7. The zero-order valence-corrected chi connectivity index (χ0v) is 8.91. The lowest BCUT2D eigenvalue weighted by Gasteiger charge is -2.40. The van der Waals surface area contributed by atoms with Crippen LogP contribution in [-0.2, 0) is 9.47 Å². The Kier molecular flexibility index (Phi) is 4.45. The van der Waals surface area contributed by atoms with E-state index >= 15 is 0 Å². The summed E-state index contributed by atoms with van der Waals surface area (Å²) in [5.41, 5.74) is 5.64. The Hall–Kier alpha value is -0.240. The molecule has 0 aliphatic carbocycles. The van der Waals surface area contributed by atoms with Gasteiger partial charge in [0.25, 0.3) is 0 Å². The minimum atomic E-state index is -1.18. The Morgan fingerprint density at radius 1 is 1.33 bits per heavy atom. The maximum atomic E-state index is 9.58. The predicted molar refractivity (Wildman–Crippen MR) is 52.0 cm³/mol. The van der Waals surface area contributed by atoms with Gasteiger partial charge in [0, 0.05) is 0 Å². The third-order valence-corrected chi connectivity index (χ3v) is 2.33. The second kappa shape index (κ2) is 5.20. The first kappa shape index (κ1) is 12.8. The van der Waals surface area contributed by atoms with Crippen LogP contribution in [0.1, 0.15) is 13.8 Å². The molecule has 1 saturated heterocycles. The molecule has 1 aliphatic heterocycles. The molecule has 15 heavy (non-hydrogen) atoms. The van der Waals surface area contributed by atoms with Gasteiger partial charge in [-0.05, 0) is 13.8 Å². The zero-order chi connectivity index (χ0) is 11.6. The Bertz CT molecular complexity index is 199. The fourth-order valence-electron chi connectivity index (χ4n) is 1.49. The van der Waals surface area contributed by atoms with Gasteiger partial charge in [-0.25, -0.2) is 0 Å². The average Bonchev–Trinajstić information content (AvgIpc) is 2.18. The zero-order valence-electron chi connectivity index (χ0n) is 8.91. The third-order valence-electron chi connectivity index (χ3n) is 2.33. The average molecular weight is 221 g/mol. The molecule has 0 amide bonds. The van der Waals surface area contributed by atoms with Gasteiger partial charge in [-0.15, -0.1) is 0 Å². The number of aliphatic hydroxyl groups excluding tert-OH is 3. The maximum Gasteiger partial charge on any atom is 0.176 e. The highest BCUT2D eigenvalue weighted by Crippen LogP contribution is 2.21. The van der Waals surface area contributed by atoms with Crippen LogP contribution < -0.4 is 5.73 Å². The normalized spacial score (nSPS) is 42.2. The number of hydrogen-bond acceptors (Lipinski definition) is 6. The summed E-state index contributed by atoms with van der Waals surface area (Å²) in [7, 11) is 0. The quantitative estimate of drug-likeness (QED) is 0.447. The van der Waals surface area contributed by atoms with Crippen molar-refractivity contribution < 1.29 is 24.8 Å². The Morgan fingerprint density at radius 2 is 1.93 bits per heavy atom. The molecule has 3 unspecified atom stereocenters. The standard InChI is InChI=1S/C9H19NO5/c1-4(2)14-9-6(10)8(13)7(12)5(3-11)15-9/h4-9,11-13H,3,10H2,1-2H3/t5?,6?,7-,8?,9+/m1/s1. The van der Waals surface area contributed by atoms with Crippen molar-refractivity contribution in [3.63, 3.8) is 0 Å². The summed E-state index contributed by atoms with van der Waals surface area (Å²) in [5, 5.41) is 28.0. The second-order valence-electron chi connectivity index (χ2n) is 3.97. The number of nitrogens with two attached hydrogens (primary N) is 1. The van der Waals surface area contributed by atoms with Gasteiger partial charge in [0.1, 0.15) is 18.3 Å². The first-order chi connectivity index (χ1) is 6.97. The highest BCUT2D eigenvalue weighted by Gasteiger charge is 2.43. The molecule has 1 heterocycles. The molecule has 0 bridgehead atoms. The Morgan fingerprint density at radius 3 is 2.40 bits per heavy atom. The van der Waals surface area contributed by atoms with Gasteiger partial charge in [0.15, 0.2) is 6.29 Å². The molecule has 0 radical (unpaired) electrons. The molecule has 0 aromatic carbocycles. The predicted octanol–water partition coefficient (Wildman–Crippen LogP) is -1.82. The number of ether oxygens (including phenoxy) is 2. The van der Waals surface area contributed by atoms with E-state index in [-0.39, 0.29) is 12.7 Å². The van der Waals surface area contributed by atoms with Gasteiger partial charge >= 0.3 is 0 Å². The lowest BCUT2D eigenvalue weighted by atomic mass is 9.98. The van der Waals surface area contributed by atoms with Crippen LogP contribution in [0.25, 0.3) is 0 Å². The molecule has 5 atom stereocenters. The number of aliphatic hydroxyl groups is 3. The van der Waals surface area contributed by atoms with Crippen LogP contribution in [0.3, 0.4) is 0 Å². The van der Waals surface area contributed by atoms with Gasteiger partial charge in [-0.1, -0.05) is 0 Å².